The summed E-state index contributed by atoms with van der Waals surface area (Å²) in [7, 11) is 3.18. The third kappa shape index (κ3) is 10.2. The second-order valence-corrected chi connectivity index (χ2v) is 14.5. The van der Waals surface area contributed by atoms with E-state index in [0.29, 0.717) is 76.2 Å². The molecular formula is C45H55N3O10. The predicted molar refractivity (Wildman–Crippen MR) is 219 cm³/mol. The minimum absolute atomic E-state index is 0.133. The summed E-state index contributed by atoms with van der Waals surface area (Å²) in [6.45, 7) is 0.132. The summed E-state index contributed by atoms with van der Waals surface area (Å²) in [4.78, 5) is 18.3. The molecule has 0 aromatic heterocycles. The summed E-state index contributed by atoms with van der Waals surface area (Å²) < 4.78 is 23.6. The lowest BCUT2D eigenvalue weighted by Gasteiger charge is -2.28. The van der Waals surface area contributed by atoms with Crippen molar-refractivity contribution >= 4 is 17.3 Å². The van der Waals surface area contributed by atoms with Crippen LogP contribution in [0.5, 0.6) is 23.0 Å². The van der Waals surface area contributed by atoms with Gasteiger partial charge in [-0.1, -0.05) is 61.9 Å². The molecule has 0 saturated heterocycles. The first-order valence-electron chi connectivity index (χ1n) is 20.0. The number of methoxy groups -OCH3 is 2. The number of anilines is 1. The maximum atomic E-state index is 12.6. The number of amides is 1. The van der Waals surface area contributed by atoms with Crippen molar-refractivity contribution in [3.8, 4) is 23.0 Å². The molecular weight excluding hydrogens is 743 g/mol. The molecule has 6 N–H and O–H groups in total. The summed E-state index contributed by atoms with van der Waals surface area (Å²) in [6, 6.07) is 20.3. The van der Waals surface area contributed by atoms with Gasteiger partial charge in [-0.2, -0.15) is 0 Å². The van der Waals surface area contributed by atoms with Crippen LogP contribution in [0.25, 0.3) is 0 Å². The fraction of sp³-hybridized carbons (Fsp3) is 0.422. The zero-order valence-electron chi connectivity index (χ0n) is 33.3. The van der Waals surface area contributed by atoms with Gasteiger partial charge in [-0.05, 0) is 89.2 Å². The monoisotopic (exact) mass is 797 g/mol. The molecule has 13 nitrogen and oxygen atoms in total. The van der Waals surface area contributed by atoms with Gasteiger partial charge in [-0.25, -0.2) is 0 Å². The molecule has 2 heterocycles. The molecule has 0 spiro atoms. The van der Waals surface area contributed by atoms with Gasteiger partial charge in [0.05, 0.1) is 65.1 Å². The number of carbonyl (C=O) groups excluding carboxylic acids is 1. The highest BCUT2D eigenvalue weighted by atomic mass is 16.6. The van der Waals surface area contributed by atoms with E-state index >= 15 is 0 Å². The van der Waals surface area contributed by atoms with E-state index in [9.17, 15) is 25.2 Å². The average Bonchev–Trinajstić information content (AvgIpc) is 3.76. The second-order valence-electron chi connectivity index (χ2n) is 14.5. The minimum Gasteiger partial charge on any atom is -0.493 e. The van der Waals surface area contributed by atoms with Crippen molar-refractivity contribution in [1.82, 2.24) is 5.32 Å². The van der Waals surface area contributed by atoms with Crippen molar-refractivity contribution in [1.29, 1.82) is 0 Å². The van der Waals surface area contributed by atoms with Crippen LogP contribution in [0.3, 0.4) is 0 Å². The molecule has 6 rings (SSSR count). The summed E-state index contributed by atoms with van der Waals surface area (Å²) >= 11 is 0. The summed E-state index contributed by atoms with van der Waals surface area (Å²) in [6.07, 6.45) is 8.11. The second kappa shape index (κ2) is 20.9. The molecule has 2 aliphatic rings. The fourth-order valence-corrected chi connectivity index (χ4v) is 7.45. The van der Waals surface area contributed by atoms with Crippen molar-refractivity contribution in [2.24, 2.45) is 5.16 Å². The van der Waals surface area contributed by atoms with Crippen LogP contribution in [0.4, 0.5) is 5.69 Å². The molecule has 2 atom stereocenters. The highest BCUT2D eigenvalue weighted by molar-refractivity contribution is 6.02. The first-order chi connectivity index (χ1) is 28.4. The van der Waals surface area contributed by atoms with Crippen LogP contribution in [0.1, 0.15) is 119 Å². The van der Waals surface area contributed by atoms with E-state index in [1.807, 2.05) is 48.5 Å². The first-order valence-corrected chi connectivity index (χ1v) is 20.0. The van der Waals surface area contributed by atoms with E-state index in [2.05, 4.69) is 15.8 Å². The largest absolute Gasteiger partial charge is 0.493 e. The molecule has 13 heteroatoms. The Balaban J connectivity index is 0.876. The molecule has 2 unspecified atom stereocenters. The first kappa shape index (κ1) is 42.3. The minimum atomic E-state index is -0.422. The van der Waals surface area contributed by atoms with Gasteiger partial charge < -0.3 is 54.8 Å². The van der Waals surface area contributed by atoms with E-state index in [-0.39, 0.29) is 38.5 Å². The number of para-hydroxylation sites is 1. The molecule has 0 fully saturated rings. The lowest BCUT2D eigenvalue weighted by Crippen LogP contribution is -2.38. The maximum absolute atomic E-state index is 12.6. The smallest absolute Gasteiger partial charge is 0.255 e. The van der Waals surface area contributed by atoms with Crippen LogP contribution in [-0.2, 0) is 31.3 Å². The van der Waals surface area contributed by atoms with Crippen molar-refractivity contribution in [2.75, 3.05) is 32.8 Å². The number of nitrogens with one attached hydrogen (secondary N) is 2. The van der Waals surface area contributed by atoms with Crippen molar-refractivity contribution in [3.63, 3.8) is 0 Å². The normalized spacial score (nSPS) is 15.8. The molecule has 4 aromatic rings. The van der Waals surface area contributed by atoms with Crippen molar-refractivity contribution < 1.29 is 49.0 Å². The number of rotatable bonds is 22. The Bertz CT molecular complexity index is 1990. The number of nitrogens with zero attached hydrogens (tertiary/aromatic N) is 1. The number of fused-ring (bicyclic) bond motifs is 1. The number of carbonyl (C=O) groups is 1. The Morgan fingerprint density at radius 2 is 1.28 bits per heavy atom. The molecule has 310 valence electrons. The Labute approximate surface area is 339 Å². The Kier molecular flexibility index (Phi) is 15.2. The molecule has 0 saturated carbocycles. The van der Waals surface area contributed by atoms with Gasteiger partial charge in [-0.15, -0.1) is 0 Å². The van der Waals surface area contributed by atoms with Gasteiger partial charge in [0.1, 0.15) is 11.9 Å². The third-order valence-corrected chi connectivity index (χ3v) is 10.7. The Morgan fingerprint density at radius 1 is 0.672 bits per heavy atom. The van der Waals surface area contributed by atoms with E-state index in [1.165, 1.54) is 0 Å². The topological polar surface area (TPSA) is 181 Å². The van der Waals surface area contributed by atoms with Crippen LogP contribution >= 0.6 is 0 Å². The van der Waals surface area contributed by atoms with Gasteiger partial charge in [0.25, 0.3) is 5.91 Å². The Hall–Kier alpha value is -5.34. The fourth-order valence-electron chi connectivity index (χ4n) is 7.45. The average molecular weight is 798 g/mol. The van der Waals surface area contributed by atoms with E-state index in [1.54, 1.807) is 32.4 Å². The van der Waals surface area contributed by atoms with Crippen LogP contribution in [-0.4, -0.2) is 59.5 Å². The highest BCUT2D eigenvalue weighted by Gasteiger charge is 2.28. The summed E-state index contributed by atoms with van der Waals surface area (Å²) in [5, 5.41) is 50.1. The zero-order valence-corrected chi connectivity index (χ0v) is 33.3. The highest BCUT2D eigenvalue weighted by Crippen LogP contribution is 2.41. The van der Waals surface area contributed by atoms with Crippen LogP contribution in [0.15, 0.2) is 71.9 Å². The Morgan fingerprint density at radius 3 is 1.90 bits per heavy atom. The number of hydrogen-bond donors (Lipinski definition) is 6. The number of hydrogen-bond acceptors (Lipinski definition) is 12. The third-order valence-electron chi connectivity index (χ3n) is 10.7. The quantitative estimate of drug-likeness (QED) is 0.0452. The van der Waals surface area contributed by atoms with Crippen molar-refractivity contribution in [3.05, 3.63) is 111 Å². The number of benzene rings is 4. The number of aliphatic hydroxyl groups is 4. The van der Waals surface area contributed by atoms with Crippen LogP contribution < -0.4 is 29.6 Å². The predicted octanol–water partition coefficient (Wildman–Crippen LogP) is 6.97. The number of aliphatic hydroxyl groups excluding tert-OH is 4. The molecule has 2 aliphatic heterocycles. The van der Waals surface area contributed by atoms with Gasteiger partial charge >= 0.3 is 0 Å². The molecule has 4 aromatic carbocycles. The van der Waals surface area contributed by atoms with Crippen LogP contribution in [0.2, 0.25) is 0 Å². The number of ether oxygens (including phenoxy) is 4. The molecule has 1 amide bonds. The zero-order chi connectivity index (χ0) is 40.9. The summed E-state index contributed by atoms with van der Waals surface area (Å²) in [5.41, 5.74) is 6.76. The van der Waals surface area contributed by atoms with Crippen LogP contribution in [0, 0.1) is 0 Å². The van der Waals surface area contributed by atoms with Gasteiger partial charge in [0, 0.05) is 23.2 Å². The number of oxime groups is 1. The van der Waals surface area contributed by atoms with Gasteiger partial charge in [0.2, 0.25) is 5.75 Å². The molecule has 0 bridgehead atoms. The SMILES string of the molecule is COc1cc(C2=NOC(c3cc(CO)c(CO)c(CO)c3)C2)cc(OC)c1OCCCCCCCCCCOc1ccc(C2NC(=O)c3ccccc3N2)cc1CO. The summed E-state index contributed by atoms with van der Waals surface area (Å²) in [5.74, 6) is 2.13. The molecule has 58 heavy (non-hydrogen) atoms. The van der Waals surface area contributed by atoms with Crippen molar-refractivity contribution in [2.45, 2.75) is 96.5 Å². The maximum Gasteiger partial charge on any atom is 0.255 e. The molecule has 0 aliphatic carbocycles. The van der Waals surface area contributed by atoms with Gasteiger partial charge in [0.15, 0.2) is 17.6 Å². The lowest BCUT2D eigenvalue weighted by molar-refractivity contribution is 0.0853. The lowest BCUT2D eigenvalue weighted by atomic mass is 9.93. The standard InChI is InChI=1S/C45H55N3O10/c1-54-41-22-30(38-24-40(58-48-38)31-20-32(25-49)36(28-52)33(21-31)26-50)23-42(55-2)43(41)57-18-12-8-6-4-3-5-7-11-17-56-39-16-15-29(19-34(39)27-51)44-46-37-14-10-9-13-35(37)45(53)47-44/h9-10,13-16,19-23,40,44,46,49-52H,3-8,11-12,17-18,24-28H2,1-2H3,(H,47,53). The van der Waals surface area contributed by atoms with E-state index in [4.69, 9.17) is 23.8 Å². The van der Waals surface area contributed by atoms with E-state index < -0.39 is 6.10 Å². The van der Waals surface area contributed by atoms with E-state index in [0.717, 1.165) is 73.7 Å². The number of unbranched alkanes of at least 4 members (excludes halogenated alkanes) is 7. The molecule has 0 radical (unpaired) electrons. The van der Waals surface area contributed by atoms with Gasteiger partial charge in [-0.3, -0.25) is 4.79 Å².